The predicted molar refractivity (Wildman–Crippen MR) is 80.9 cm³/mol. The molecule has 3 rings (SSSR count). The number of rotatable bonds is 4. The van der Waals surface area contributed by atoms with Crippen LogP contribution in [0.15, 0.2) is 15.8 Å². The second-order valence-corrected chi connectivity index (χ2v) is 6.30. The van der Waals surface area contributed by atoms with Crippen molar-refractivity contribution in [3.63, 3.8) is 0 Å². The van der Waals surface area contributed by atoms with E-state index in [1.807, 2.05) is 0 Å². The van der Waals surface area contributed by atoms with Crippen molar-refractivity contribution >= 4 is 0 Å². The van der Waals surface area contributed by atoms with Crippen molar-refractivity contribution in [1.29, 1.82) is 0 Å². The zero-order chi connectivity index (χ0) is 20.0. The van der Waals surface area contributed by atoms with Crippen molar-refractivity contribution in [2.75, 3.05) is 13.2 Å². The fraction of sp³-hybridized carbons (Fsp3) is 0.714. The van der Waals surface area contributed by atoms with Crippen molar-refractivity contribution in [1.82, 2.24) is 9.13 Å². The zero-order valence-electron chi connectivity index (χ0n) is 13.7. The zero-order valence-corrected chi connectivity index (χ0v) is 13.7. The van der Waals surface area contributed by atoms with Crippen molar-refractivity contribution in [3.8, 4) is 0 Å². The minimum Gasteiger partial charge on any atom is -0.394 e. The first-order chi connectivity index (χ1) is 12.7. The summed E-state index contributed by atoms with van der Waals surface area (Å²) in [6.07, 6.45) is -12.3. The molecule has 1 aromatic rings. The number of nitrogens with zero attached hydrogens (tertiary/aromatic N) is 2. The number of aliphatic hydroxyl groups excluding tert-OH is 6. The van der Waals surface area contributed by atoms with Crippen molar-refractivity contribution < 1.29 is 44.5 Å². The molecule has 0 aromatic carbocycles. The van der Waals surface area contributed by atoms with E-state index in [1.165, 1.54) is 0 Å². The average Bonchev–Trinajstić information content (AvgIpc) is 3.09. The molecular weight excluding hydrogens is 375 g/mol. The molecule has 0 spiro atoms. The molecular formula is C14H19FN2O10. The lowest BCUT2D eigenvalue weighted by Crippen LogP contribution is -2.48. The van der Waals surface area contributed by atoms with Gasteiger partial charge in [-0.15, -0.1) is 0 Å². The molecule has 13 heteroatoms. The van der Waals surface area contributed by atoms with Gasteiger partial charge in [0, 0.05) is 0 Å². The first-order valence-electron chi connectivity index (χ1n) is 8.01. The molecule has 0 amide bonds. The Labute approximate surface area is 149 Å². The number of aliphatic hydroxyl groups is 6. The molecule has 2 saturated heterocycles. The Morgan fingerprint density at radius 1 is 0.889 bits per heavy atom. The van der Waals surface area contributed by atoms with E-state index < -0.39 is 79.4 Å². The van der Waals surface area contributed by atoms with Crippen LogP contribution in [0.5, 0.6) is 0 Å². The number of halogens is 1. The number of hydrogen-bond donors (Lipinski definition) is 6. The standard InChI is InChI=1S/C14H19FN2O10/c15-4-1-16(12-9(22)7(20)5(2-18)26-12)14(25)17(11(4)24)13-10(23)8(21)6(3-19)27-13/h1,5-10,12-13,18-23H,2-3H2/t5-,6-,7-,8-,9-,10-,12-,13-/m1/s1. The van der Waals surface area contributed by atoms with Crippen LogP contribution in [0, 0.1) is 5.82 Å². The molecule has 3 heterocycles. The number of aromatic nitrogens is 2. The van der Waals surface area contributed by atoms with E-state index in [9.17, 15) is 34.4 Å². The molecule has 152 valence electrons. The minimum absolute atomic E-state index is 0.174. The predicted octanol–water partition coefficient (Wildman–Crippen LogP) is -4.63. The second-order valence-electron chi connectivity index (χ2n) is 6.30. The first kappa shape index (κ1) is 20.0. The van der Waals surface area contributed by atoms with Gasteiger partial charge in [0.2, 0.25) is 5.82 Å². The third kappa shape index (κ3) is 3.11. The highest BCUT2D eigenvalue weighted by molar-refractivity contribution is 4.99. The average molecular weight is 394 g/mol. The van der Waals surface area contributed by atoms with E-state index >= 15 is 0 Å². The molecule has 2 aliphatic heterocycles. The van der Waals surface area contributed by atoms with E-state index in [2.05, 4.69) is 0 Å². The van der Waals surface area contributed by atoms with Crippen molar-refractivity contribution in [3.05, 3.63) is 32.9 Å². The summed E-state index contributed by atoms with van der Waals surface area (Å²) in [5.41, 5.74) is -2.75. The van der Waals surface area contributed by atoms with Crippen LogP contribution in [0.4, 0.5) is 4.39 Å². The Bertz CT molecular complexity index is 812. The van der Waals surface area contributed by atoms with E-state index in [4.69, 9.17) is 19.7 Å². The van der Waals surface area contributed by atoms with Gasteiger partial charge in [-0.05, 0) is 0 Å². The molecule has 0 aliphatic carbocycles. The summed E-state index contributed by atoms with van der Waals surface area (Å²) in [6, 6.07) is 0. The largest absolute Gasteiger partial charge is 0.394 e. The lowest BCUT2D eigenvalue weighted by atomic mass is 10.1. The van der Waals surface area contributed by atoms with Gasteiger partial charge in [0.05, 0.1) is 19.4 Å². The van der Waals surface area contributed by atoms with Gasteiger partial charge in [0.25, 0.3) is 5.56 Å². The van der Waals surface area contributed by atoms with Gasteiger partial charge in [0.15, 0.2) is 12.5 Å². The van der Waals surface area contributed by atoms with E-state index in [0.717, 1.165) is 0 Å². The van der Waals surface area contributed by atoms with Gasteiger partial charge in [-0.2, -0.15) is 4.39 Å². The second kappa shape index (κ2) is 7.37. The van der Waals surface area contributed by atoms with Gasteiger partial charge in [-0.3, -0.25) is 9.36 Å². The SMILES string of the molecule is O=c1c(F)cn([C@@H]2O[C@H](CO)[C@@H](O)[C@H]2O)c(=O)n1[C@@H]1O[C@H](CO)[C@@H](O)[C@H]1O. The molecule has 2 fully saturated rings. The maximum absolute atomic E-state index is 14.1. The highest BCUT2D eigenvalue weighted by atomic mass is 19.1. The Balaban J connectivity index is 2.08. The number of hydrogen-bond acceptors (Lipinski definition) is 10. The van der Waals surface area contributed by atoms with Gasteiger partial charge < -0.3 is 40.1 Å². The molecule has 0 saturated carbocycles. The normalized spacial score (nSPS) is 39.2. The first-order valence-corrected chi connectivity index (χ1v) is 8.01. The molecule has 1 aromatic heterocycles. The van der Waals surface area contributed by atoms with Gasteiger partial charge >= 0.3 is 5.69 Å². The quantitative estimate of drug-likeness (QED) is 0.290. The van der Waals surface area contributed by atoms with Gasteiger partial charge in [-0.25, -0.2) is 9.36 Å². The monoisotopic (exact) mass is 394 g/mol. The van der Waals surface area contributed by atoms with Crippen molar-refractivity contribution in [2.45, 2.75) is 49.1 Å². The van der Waals surface area contributed by atoms with E-state index in [0.29, 0.717) is 10.8 Å². The Morgan fingerprint density at radius 3 is 1.85 bits per heavy atom. The lowest BCUT2D eigenvalue weighted by Gasteiger charge is -2.22. The molecule has 0 radical (unpaired) electrons. The molecule has 27 heavy (non-hydrogen) atoms. The molecule has 6 N–H and O–H groups in total. The van der Waals surface area contributed by atoms with Crippen LogP contribution in [-0.4, -0.2) is 89.6 Å². The summed E-state index contributed by atoms with van der Waals surface area (Å²) < 4.78 is 25.0. The maximum atomic E-state index is 14.1. The molecule has 0 unspecified atom stereocenters. The van der Waals surface area contributed by atoms with Crippen LogP contribution in [0.2, 0.25) is 0 Å². The van der Waals surface area contributed by atoms with Crippen LogP contribution < -0.4 is 11.2 Å². The fourth-order valence-corrected chi connectivity index (χ4v) is 3.17. The summed E-state index contributed by atoms with van der Waals surface area (Å²) in [6.45, 7) is -1.43. The maximum Gasteiger partial charge on any atom is 0.335 e. The topological polar surface area (TPSA) is 184 Å². The Hall–Kier alpha value is -1.71. The minimum atomic E-state index is -1.83. The molecule has 2 aliphatic rings. The summed E-state index contributed by atoms with van der Waals surface area (Å²) in [5, 5.41) is 57.8. The Morgan fingerprint density at radius 2 is 1.37 bits per heavy atom. The van der Waals surface area contributed by atoms with Crippen molar-refractivity contribution in [2.24, 2.45) is 0 Å². The van der Waals surface area contributed by atoms with Crippen LogP contribution in [0.25, 0.3) is 0 Å². The lowest BCUT2D eigenvalue weighted by molar-refractivity contribution is -0.0694. The molecule has 0 bridgehead atoms. The summed E-state index contributed by atoms with van der Waals surface area (Å²) in [7, 11) is 0. The molecule has 12 nitrogen and oxygen atoms in total. The summed E-state index contributed by atoms with van der Waals surface area (Å²) in [5.74, 6) is -1.47. The third-order valence-electron chi connectivity index (χ3n) is 4.67. The van der Waals surface area contributed by atoms with Gasteiger partial charge in [-0.1, -0.05) is 0 Å². The summed E-state index contributed by atoms with van der Waals surface area (Å²) >= 11 is 0. The van der Waals surface area contributed by atoms with Gasteiger partial charge in [0.1, 0.15) is 36.6 Å². The summed E-state index contributed by atoms with van der Waals surface area (Å²) in [4.78, 5) is 24.8. The van der Waals surface area contributed by atoms with Crippen LogP contribution in [0.3, 0.4) is 0 Å². The fourth-order valence-electron chi connectivity index (χ4n) is 3.17. The number of ether oxygens (including phenoxy) is 2. The van der Waals surface area contributed by atoms with E-state index in [1.54, 1.807) is 0 Å². The third-order valence-corrected chi connectivity index (χ3v) is 4.67. The van der Waals surface area contributed by atoms with Crippen LogP contribution in [-0.2, 0) is 9.47 Å². The highest BCUT2D eigenvalue weighted by Gasteiger charge is 2.47. The molecule has 8 atom stereocenters. The Kier molecular flexibility index (Phi) is 5.47. The smallest absolute Gasteiger partial charge is 0.335 e. The van der Waals surface area contributed by atoms with Crippen LogP contribution >= 0.6 is 0 Å². The van der Waals surface area contributed by atoms with Crippen LogP contribution in [0.1, 0.15) is 12.5 Å². The highest BCUT2D eigenvalue weighted by Crippen LogP contribution is 2.30. The van der Waals surface area contributed by atoms with E-state index in [-0.39, 0.29) is 4.57 Å².